The summed E-state index contributed by atoms with van der Waals surface area (Å²) >= 11 is 6.04. The van der Waals surface area contributed by atoms with Gasteiger partial charge in [0.1, 0.15) is 17.1 Å². The predicted octanol–water partition coefficient (Wildman–Crippen LogP) is 3.90. The van der Waals surface area contributed by atoms with Gasteiger partial charge >= 0.3 is 17.7 Å². The van der Waals surface area contributed by atoms with Crippen molar-refractivity contribution in [3.8, 4) is 5.75 Å². The number of carbonyl (C=O) groups is 3. The van der Waals surface area contributed by atoms with Crippen LogP contribution in [0.25, 0.3) is 6.08 Å². The smallest absolute Gasteiger partial charge is 0.373 e. The van der Waals surface area contributed by atoms with Crippen molar-refractivity contribution in [1.82, 2.24) is 10.2 Å². The van der Waals surface area contributed by atoms with E-state index < -0.39 is 28.4 Å². The quantitative estimate of drug-likeness (QED) is 0.217. The number of benzene rings is 1. The van der Waals surface area contributed by atoms with Crippen LogP contribution in [-0.2, 0) is 16.1 Å². The highest BCUT2D eigenvalue weighted by Crippen LogP contribution is 2.38. The van der Waals surface area contributed by atoms with Crippen molar-refractivity contribution in [2.75, 3.05) is 7.11 Å². The van der Waals surface area contributed by atoms with Crippen LogP contribution in [0.4, 0.5) is 10.5 Å². The zero-order valence-electron chi connectivity index (χ0n) is 18.1. The van der Waals surface area contributed by atoms with Crippen LogP contribution in [0.1, 0.15) is 42.6 Å². The number of hydrogen-bond donors (Lipinski definition) is 1. The summed E-state index contributed by atoms with van der Waals surface area (Å²) in [6.07, 6.45) is 1.25. The van der Waals surface area contributed by atoms with E-state index in [1.807, 2.05) is 0 Å². The third-order valence-electron chi connectivity index (χ3n) is 4.29. The standard InChI is InChI=1S/C21H20ClN3O8/c1-21(2,3)33-17-11(7-12(22)9-15(17)25(29)30)8-14-18(26)24(20(28)23-14)10-13-5-6-16(32-13)19(27)31-4/h5-9H,10H2,1-4H3,(H,23,28)/b14-8-. The van der Waals surface area contributed by atoms with Crippen LogP contribution < -0.4 is 10.1 Å². The SMILES string of the molecule is COC(=O)c1ccc(CN2C(=O)N/C(=C\c3cc(Cl)cc([N+](=O)[O-])c3OC(C)(C)C)C2=O)o1. The summed E-state index contributed by atoms with van der Waals surface area (Å²) in [6.45, 7) is 4.87. The minimum absolute atomic E-state index is 0.0503. The van der Waals surface area contributed by atoms with Gasteiger partial charge in [0.15, 0.2) is 0 Å². The number of amides is 3. The van der Waals surface area contributed by atoms with Gasteiger partial charge in [-0.1, -0.05) is 11.6 Å². The monoisotopic (exact) mass is 477 g/mol. The number of rotatable bonds is 6. The van der Waals surface area contributed by atoms with E-state index >= 15 is 0 Å². The van der Waals surface area contributed by atoms with E-state index in [2.05, 4.69) is 10.1 Å². The number of halogens is 1. The van der Waals surface area contributed by atoms with Gasteiger partial charge in [0.05, 0.1) is 18.6 Å². The van der Waals surface area contributed by atoms with Crippen LogP contribution in [0, 0.1) is 10.1 Å². The Bertz CT molecular complexity index is 1180. The Kier molecular flexibility index (Phi) is 6.45. The van der Waals surface area contributed by atoms with E-state index in [0.29, 0.717) is 0 Å². The Morgan fingerprint density at radius 3 is 2.61 bits per heavy atom. The number of urea groups is 1. The van der Waals surface area contributed by atoms with Crippen LogP contribution in [0.5, 0.6) is 5.75 Å². The first kappa shape index (κ1) is 23.8. The molecule has 11 nitrogen and oxygen atoms in total. The van der Waals surface area contributed by atoms with Gasteiger partial charge in [-0.05, 0) is 45.0 Å². The van der Waals surface area contributed by atoms with Crippen molar-refractivity contribution < 1.29 is 33.2 Å². The molecule has 33 heavy (non-hydrogen) atoms. The van der Waals surface area contributed by atoms with Crippen LogP contribution in [0.2, 0.25) is 5.02 Å². The molecule has 1 aliphatic rings. The largest absolute Gasteiger partial charge is 0.481 e. The average Bonchev–Trinajstić information content (AvgIpc) is 3.28. The molecule has 12 heteroatoms. The number of imide groups is 1. The molecule has 3 rings (SSSR count). The molecule has 1 N–H and O–H groups in total. The van der Waals surface area contributed by atoms with Gasteiger partial charge in [-0.25, -0.2) is 9.59 Å². The minimum Gasteiger partial charge on any atom is -0.481 e. The van der Waals surface area contributed by atoms with Crippen molar-refractivity contribution >= 4 is 41.3 Å². The van der Waals surface area contributed by atoms with Crippen LogP contribution in [0.15, 0.2) is 34.4 Å². The Morgan fingerprint density at radius 2 is 2.00 bits per heavy atom. The third-order valence-corrected chi connectivity index (χ3v) is 4.51. The number of nitro benzene ring substituents is 1. The molecule has 0 aliphatic carbocycles. The molecule has 2 heterocycles. The predicted molar refractivity (Wildman–Crippen MR) is 116 cm³/mol. The van der Waals surface area contributed by atoms with Gasteiger partial charge in [-0.2, -0.15) is 0 Å². The molecule has 1 aromatic heterocycles. The lowest BCUT2D eigenvalue weighted by molar-refractivity contribution is -0.386. The average molecular weight is 478 g/mol. The number of nitrogens with zero attached hydrogens (tertiary/aromatic N) is 2. The van der Waals surface area contributed by atoms with Crippen molar-refractivity contribution in [1.29, 1.82) is 0 Å². The number of methoxy groups -OCH3 is 1. The summed E-state index contributed by atoms with van der Waals surface area (Å²) in [5, 5.41) is 14.0. The Labute approximate surface area is 193 Å². The lowest BCUT2D eigenvalue weighted by Crippen LogP contribution is -2.30. The number of nitrogens with one attached hydrogen (secondary N) is 1. The molecule has 3 amide bonds. The Balaban J connectivity index is 1.95. The van der Waals surface area contributed by atoms with Crippen LogP contribution >= 0.6 is 11.6 Å². The molecule has 1 aliphatic heterocycles. The van der Waals surface area contributed by atoms with Gasteiger partial charge in [0, 0.05) is 16.7 Å². The molecular weight excluding hydrogens is 458 g/mol. The topological polar surface area (TPSA) is 141 Å². The number of carbonyl (C=O) groups excluding carboxylic acids is 3. The normalized spacial score (nSPS) is 15.1. The minimum atomic E-state index is -0.794. The number of nitro groups is 1. The second-order valence-corrected chi connectivity index (χ2v) is 8.39. The van der Waals surface area contributed by atoms with Gasteiger partial charge in [-0.3, -0.25) is 19.8 Å². The highest BCUT2D eigenvalue weighted by molar-refractivity contribution is 6.31. The van der Waals surface area contributed by atoms with Gasteiger partial charge < -0.3 is 19.2 Å². The van der Waals surface area contributed by atoms with Gasteiger partial charge in [-0.15, -0.1) is 0 Å². The first-order valence-electron chi connectivity index (χ1n) is 9.58. The summed E-state index contributed by atoms with van der Waals surface area (Å²) in [5.74, 6) is -1.41. The summed E-state index contributed by atoms with van der Waals surface area (Å²) in [7, 11) is 1.19. The lowest BCUT2D eigenvalue weighted by atomic mass is 10.1. The molecular formula is C21H20ClN3O8. The van der Waals surface area contributed by atoms with E-state index in [4.69, 9.17) is 20.8 Å². The van der Waals surface area contributed by atoms with E-state index in [9.17, 15) is 24.5 Å². The third kappa shape index (κ3) is 5.32. The Hall–Kier alpha value is -3.86. The van der Waals surface area contributed by atoms with Crippen LogP contribution in [0.3, 0.4) is 0 Å². The molecule has 0 unspecified atom stereocenters. The molecule has 174 valence electrons. The van der Waals surface area contributed by atoms with Gasteiger partial charge in [0.2, 0.25) is 11.5 Å². The highest BCUT2D eigenvalue weighted by atomic mass is 35.5. The second-order valence-electron chi connectivity index (χ2n) is 7.95. The fourth-order valence-corrected chi connectivity index (χ4v) is 3.18. The number of hydrogen-bond acceptors (Lipinski definition) is 8. The van der Waals surface area contributed by atoms with Crippen molar-refractivity contribution in [3.05, 3.63) is 62.2 Å². The number of esters is 1. The van der Waals surface area contributed by atoms with E-state index in [1.54, 1.807) is 20.8 Å². The van der Waals surface area contributed by atoms with E-state index in [0.717, 1.165) is 11.0 Å². The van der Waals surface area contributed by atoms with Crippen molar-refractivity contribution in [2.24, 2.45) is 0 Å². The second kappa shape index (κ2) is 8.94. The molecule has 1 saturated heterocycles. The fraction of sp³-hybridized carbons (Fsp3) is 0.286. The van der Waals surface area contributed by atoms with Crippen molar-refractivity contribution in [2.45, 2.75) is 32.9 Å². The zero-order chi connectivity index (χ0) is 24.5. The van der Waals surface area contributed by atoms with Crippen molar-refractivity contribution in [3.63, 3.8) is 0 Å². The molecule has 0 spiro atoms. The highest BCUT2D eigenvalue weighted by Gasteiger charge is 2.35. The molecule has 0 radical (unpaired) electrons. The summed E-state index contributed by atoms with van der Waals surface area (Å²) < 4.78 is 15.6. The van der Waals surface area contributed by atoms with Crippen LogP contribution in [-0.4, -0.2) is 40.4 Å². The first-order valence-corrected chi connectivity index (χ1v) is 9.96. The maximum absolute atomic E-state index is 12.9. The molecule has 0 bridgehead atoms. The molecule has 1 aromatic carbocycles. The zero-order valence-corrected chi connectivity index (χ0v) is 18.9. The van der Waals surface area contributed by atoms with E-state index in [1.165, 1.54) is 31.4 Å². The van der Waals surface area contributed by atoms with Gasteiger partial charge in [0.25, 0.3) is 5.91 Å². The molecule has 1 fully saturated rings. The maximum atomic E-state index is 12.9. The molecule has 0 atom stereocenters. The molecule has 2 aromatic rings. The summed E-state index contributed by atoms with van der Waals surface area (Å²) in [5.41, 5.74) is -1.18. The first-order chi connectivity index (χ1) is 15.4. The lowest BCUT2D eigenvalue weighted by Gasteiger charge is -2.22. The number of furan rings is 1. The van der Waals surface area contributed by atoms with E-state index in [-0.39, 0.29) is 45.8 Å². The Morgan fingerprint density at radius 1 is 1.30 bits per heavy atom. The molecule has 0 saturated carbocycles. The summed E-state index contributed by atoms with van der Waals surface area (Å²) in [4.78, 5) is 48.5. The summed E-state index contributed by atoms with van der Waals surface area (Å²) in [6, 6.07) is 4.58. The maximum Gasteiger partial charge on any atom is 0.373 e. The fourth-order valence-electron chi connectivity index (χ4n) is 2.96. The number of ether oxygens (including phenoxy) is 2.